The van der Waals surface area contributed by atoms with Gasteiger partial charge in [0.25, 0.3) is 0 Å². The first-order chi connectivity index (χ1) is 6.84. The highest BCUT2D eigenvalue weighted by Gasteiger charge is 2.31. The van der Waals surface area contributed by atoms with Crippen LogP contribution in [0.25, 0.3) is 0 Å². The predicted molar refractivity (Wildman–Crippen MR) is 50.2 cm³/mol. The van der Waals surface area contributed by atoms with Gasteiger partial charge < -0.3 is 5.21 Å². The first kappa shape index (κ1) is 11.6. The molecule has 0 saturated carbocycles. The minimum Gasteiger partial charge on any atom is -0.411 e. The number of hydrogen-bond donors (Lipinski definition) is 1. The lowest BCUT2D eigenvalue weighted by atomic mass is 10.0. The van der Waals surface area contributed by atoms with E-state index >= 15 is 0 Å². The Bertz CT molecular complexity index is 396. The van der Waals surface area contributed by atoms with Crippen LogP contribution in [0.2, 0.25) is 0 Å². The normalized spacial score (nSPS) is 13.0. The Balaban J connectivity index is 3.29. The van der Waals surface area contributed by atoms with Crippen molar-refractivity contribution in [3.8, 4) is 0 Å². The van der Waals surface area contributed by atoms with Crippen LogP contribution in [0.15, 0.2) is 23.4 Å². The van der Waals surface area contributed by atoms with Gasteiger partial charge in [0.2, 0.25) is 0 Å². The van der Waals surface area contributed by atoms with Crippen LogP contribution in [0.3, 0.4) is 0 Å². The Labute approximate surface area is 85.0 Å². The van der Waals surface area contributed by atoms with Gasteiger partial charge in [-0.3, -0.25) is 0 Å². The van der Waals surface area contributed by atoms with Crippen molar-refractivity contribution in [1.82, 2.24) is 0 Å². The molecule has 1 rings (SSSR count). The van der Waals surface area contributed by atoms with Crippen molar-refractivity contribution in [3.05, 3.63) is 34.9 Å². The number of halogens is 3. The Morgan fingerprint density at radius 3 is 2.33 bits per heavy atom. The Morgan fingerprint density at radius 2 is 1.87 bits per heavy atom. The van der Waals surface area contributed by atoms with E-state index in [0.29, 0.717) is 5.56 Å². The van der Waals surface area contributed by atoms with E-state index in [2.05, 4.69) is 5.16 Å². The number of rotatable bonds is 1. The summed E-state index contributed by atoms with van der Waals surface area (Å²) >= 11 is 0. The van der Waals surface area contributed by atoms with Gasteiger partial charge in [0, 0.05) is 0 Å². The second kappa shape index (κ2) is 3.92. The van der Waals surface area contributed by atoms with E-state index < -0.39 is 11.7 Å². The molecule has 0 fully saturated rings. The van der Waals surface area contributed by atoms with Crippen LogP contribution in [0, 0.1) is 6.92 Å². The quantitative estimate of drug-likeness (QED) is 0.437. The molecule has 15 heavy (non-hydrogen) atoms. The summed E-state index contributed by atoms with van der Waals surface area (Å²) in [4.78, 5) is 0. The highest BCUT2D eigenvalue weighted by molar-refractivity contribution is 5.98. The number of alkyl halides is 3. The third kappa shape index (κ3) is 2.71. The van der Waals surface area contributed by atoms with Crippen molar-refractivity contribution >= 4 is 5.71 Å². The molecule has 0 aliphatic carbocycles. The van der Waals surface area contributed by atoms with Crippen molar-refractivity contribution in [3.63, 3.8) is 0 Å². The van der Waals surface area contributed by atoms with Gasteiger partial charge in [0.1, 0.15) is 0 Å². The predicted octanol–water partition coefficient (Wildman–Crippen LogP) is 3.21. The highest BCUT2D eigenvalue weighted by Crippen LogP contribution is 2.30. The largest absolute Gasteiger partial charge is 0.416 e. The Morgan fingerprint density at radius 1 is 1.27 bits per heavy atom. The number of aryl methyl sites for hydroxylation is 1. The molecule has 0 atom stereocenters. The molecule has 0 amide bonds. The second-order valence-corrected chi connectivity index (χ2v) is 3.27. The molecule has 0 aromatic heterocycles. The number of benzene rings is 1. The summed E-state index contributed by atoms with van der Waals surface area (Å²) in [5.41, 5.74) is 0.164. The number of nitrogens with zero attached hydrogens (tertiary/aromatic N) is 1. The summed E-state index contributed by atoms with van der Waals surface area (Å²) in [6.07, 6.45) is -4.38. The minimum absolute atomic E-state index is 0.157. The first-order valence-corrected chi connectivity index (χ1v) is 4.22. The van der Waals surface area contributed by atoms with Crippen molar-refractivity contribution in [1.29, 1.82) is 0 Å². The van der Waals surface area contributed by atoms with Crippen LogP contribution < -0.4 is 0 Å². The summed E-state index contributed by atoms with van der Waals surface area (Å²) in [5.74, 6) is 0. The zero-order chi connectivity index (χ0) is 11.6. The van der Waals surface area contributed by atoms with Crippen LogP contribution in [-0.4, -0.2) is 10.9 Å². The smallest absolute Gasteiger partial charge is 0.411 e. The summed E-state index contributed by atoms with van der Waals surface area (Å²) in [7, 11) is 0. The van der Waals surface area contributed by atoms with Gasteiger partial charge in [-0.25, -0.2) is 0 Å². The highest BCUT2D eigenvalue weighted by atomic mass is 19.4. The fourth-order valence-electron chi connectivity index (χ4n) is 1.21. The Kier molecular flexibility index (Phi) is 3.02. The zero-order valence-corrected chi connectivity index (χ0v) is 8.26. The van der Waals surface area contributed by atoms with Crippen LogP contribution in [0.1, 0.15) is 23.6 Å². The van der Waals surface area contributed by atoms with Crippen molar-refractivity contribution in [2.45, 2.75) is 20.0 Å². The minimum atomic E-state index is -4.38. The fraction of sp³-hybridized carbons (Fsp3) is 0.300. The van der Waals surface area contributed by atoms with Crippen molar-refractivity contribution in [2.75, 3.05) is 0 Å². The van der Waals surface area contributed by atoms with E-state index in [9.17, 15) is 13.2 Å². The third-order valence-electron chi connectivity index (χ3n) is 1.97. The van der Waals surface area contributed by atoms with E-state index in [1.807, 2.05) is 0 Å². The molecule has 2 nitrogen and oxygen atoms in total. The van der Waals surface area contributed by atoms with Gasteiger partial charge in [0.15, 0.2) is 0 Å². The molecule has 1 N–H and O–H groups in total. The molecule has 1 aromatic rings. The fourth-order valence-corrected chi connectivity index (χ4v) is 1.21. The number of hydrogen-bond acceptors (Lipinski definition) is 2. The lowest BCUT2D eigenvalue weighted by Gasteiger charge is -2.09. The number of oxime groups is 1. The van der Waals surface area contributed by atoms with E-state index in [1.54, 1.807) is 6.92 Å². The van der Waals surface area contributed by atoms with Gasteiger partial charge in [0.05, 0.1) is 11.3 Å². The lowest BCUT2D eigenvalue weighted by Crippen LogP contribution is -2.07. The monoisotopic (exact) mass is 217 g/mol. The maximum absolute atomic E-state index is 12.4. The molecular formula is C10H10F3NO. The third-order valence-corrected chi connectivity index (χ3v) is 1.97. The molecule has 0 aliphatic rings. The maximum Gasteiger partial charge on any atom is 0.416 e. The molecule has 0 unspecified atom stereocenters. The zero-order valence-electron chi connectivity index (χ0n) is 8.26. The molecule has 82 valence electrons. The molecule has 1 aromatic carbocycles. The van der Waals surface area contributed by atoms with Crippen molar-refractivity contribution in [2.24, 2.45) is 5.16 Å². The topological polar surface area (TPSA) is 32.6 Å². The molecule has 0 radical (unpaired) electrons. The van der Waals surface area contributed by atoms with Gasteiger partial charge in [-0.1, -0.05) is 11.2 Å². The summed E-state index contributed by atoms with van der Waals surface area (Å²) < 4.78 is 37.2. The van der Waals surface area contributed by atoms with Gasteiger partial charge in [-0.2, -0.15) is 13.2 Å². The molecule has 5 heteroatoms. The van der Waals surface area contributed by atoms with E-state index in [1.165, 1.54) is 13.0 Å². The standard InChI is InChI=1S/C10H10F3NO/c1-6-3-8(7(2)14-15)5-9(4-6)10(11,12)13/h3-5,15H,1-2H3. The van der Waals surface area contributed by atoms with Crippen LogP contribution in [-0.2, 0) is 6.18 Å². The second-order valence-electron chi connectivity index (χ2n) is 3.27. The van der Waals surface area contributed by atoms with Crippen LogP contribution in [0.4, 0.5) is 13.2 Å². The van der Waals surface area contributed by atoms with E-state index in [-0.39, 0.29) is 11.3 Å². The molecule has 0 aliphatic heterocycles. The van der Waals surface area contributed by atoms with E-state index in [4.69, 9.17) is 5.21 Å². The van der Waals surface area contributed by atoms with Crippen LogP contribution in [0.5, 0.6) is 0 Å². The van der Waals surface area contributed by atoms with Crippen LogP contribution >= 0.6 is 0 Å². The average Bonchev–Trinajstić information content (AvgIpc) is 2.14. The summed E-state index contributed by atoms with van der Waals surface area (Å²) in [6, 6.07) is 3.54. The molecule has 0 spiro atoms. The molecule has 0 saturated heterocycles. The summed E-state index contributed by atoms with van der Waals surface area (Å²) in [5, 5.41) is 11.4. The van der Waals surface area contributed by atoms with Gasteiger partial charge >= 0.3 is 6.18 Å². The molecular weight excluding hydrogens is 207 g/mol. The van der Waals surface area contributed by atoms with Gasteiger partial charge in [-0.05, 0) is 37.1 Å². The van der Waals surface area contributed by atoms with Crippen molar-refractivity contribution < 1.29 is 18.4 Å². The SMILES string of the molecule is CC(=NO)c1cc(C)cc(C(F)(F)F)c1. The molecule has 0 heterocycles. The maximum atomic E-state index is 12.4. The Hall–Kier alpha value is -1.52. The average molecular weight is 217 g/mol. The lowest BCUT2D eigenvalue weighted by molar-refractivity contribution is -0.137. The van der Waals surface area contributed by atoms with Gasteiger partial charge in [-0.15, -0.1) is 0 Å². The van der Waals surface area contributed by atoms with E-state index in [0.717, 1.165) is 12.1 Å². The summed E-state index contributed by atoms with van der Waals surface area (Å²) in [6.45, 7) is 3.00. The first-order valence-electron chi connectivity index (χ1n) is 4.22. The molecule has 0 bridgehead atoms.